The first kappa shape index (κ1) is 23.2. The predicted molar refractivity (Wildman–Crippen MR) is 92.5 cm³/mol. The van der Waals surface area contributed by atoms with E-state index in [4.69, 9.17) is 4.74 Å². The number of nitrogens with zero attached hydrogens (tertiary/aromatic N) is 2. The molecule has 1 aromatic heterocycles. The van der Waals surface area contributed by atoms with Crippen LogP contribution in [0.3, 0.4) is 0 Å². The minimum atomic E-state index is -5.08. The molecule has 3 atom stereocenters. The largest absolute Gasteiger partial charge is 0.439 e. The highest BCUT2D eigenvalue weighted by Gasteiger charge is 2.51. The van der Waals surface area contributed by atoms with Crippen molar-refractivity contribution in [1.82, 2.24) is 9.88 Å². The van der Waals surface area contributed by atoms with Crippen LogP contribution < -0.4 is 0 Å². The second-order valence-corrected chi connectivity index (χ2v) is 7.68. The van der Waals surface area contributed by atoms with Crippen LogP contribution >= 0.6 is 0 Å². The summed E-state index contributed by atoms with van der Waals surface area (Å²) in [6.45, 7) is 0. The molecule has 0 aliphatic carbocycles. The molecule has 1 amide bonds. The zero-order chi connectivity index (χ0) is 24.3. The Labute approximate surface area is 180 Å². The van der Waals surface area contributed by atoms with Gasteiger partial charge in [-0.05, 0) is 54.3 Å². The summed E-state index contributed by atoms with van der Waals surface area (Å²) in [4.78, 5) is 16.8. The molecular weight excluding hydrogens is 471 g/mol. The first-order valence-corrected chi connectivity index (χ1v) is 9.48. The molecule has 0 radical (unpaired) electrons. The van der Waals surface area contributed by atoms with Gasteiger partial charge in [0.05, 0.1) is 23.2 Å². The molecule has 2 aromatic rings. The molecule has 0 bridgehead atoms. The van der Waals surface area contributed by atoms with Crippen molar-refractivity contribution in [1.29, 1.82) is 0 Å². The summed E-state index contributed by atoms with van der Waals surface area (Å²) in [5.74, 6) is 0. The summed E-state index contributed by atoms with van der Waals surface area (Å²) in [6, 6.07) is 1.09. The molecule has 2 saturated heterocycles. The molecular formula is C20H13F9N2O2. The lowest BCUT2D eigenvalue weighted by molar-refractivity contribution is -0.143. The fourth-order valence-electron chi connectivity index (χ4n) is 4.22. The first-order valence-electron chi connectivity index (χ1n) is 9.48. The zero-order valence-corrected chi connectivity index (χ0v) is 16.2. The topological polar surface area (TPSA) is 42.4 Å². The maximum atomic E-state index is 13.2. The van der Waals surface area contributed by atoms with Crippen molar-refractivity contribution in [3.8, 4) is 0 Å². The van der Waals surface area contributed by atoms with E-state index in [0.717, 1.165) is 17.2 Å². The number of hydrogen-bond donors (Lipinski definition) is 0. The Balaban J connectivity index is 1.70. The highest BCUT2D eigenvalue weighted by molar-refractivity contribution is 5.72. The minimum Gasteiger partial charge on any atom is -0.439 e. The standard InChI is InChI=1S/C20H13F9N2O2/c21-18(22,23)11-5-10(6-12(8-11)19(24,25)26)16-14-2-1-13(31(14)17(32)33-16)9-3-4-30-15(7-9)20(27,28)29/h3-8,13-14,16H,1-2H2/t13-,14-,16+/m0/s1. The van der Waals surface area contributed by atoms with Gasteiger partial charge in [0.25, 0.3) is 0 Å². The van der Waals surface area contributed by atoms with E-state index in [0.29, 0.717) is 12.1 Å². The zero-order valence-electron chi connectivity index (χ0n) is 16.2. The summed E-state index contributed by atoms with van der Waals surface area (Å²) in [6.07, 6.45) is -16.2. The van der Waals surface area contributed by atoms with Crippen LogP contribution in [-0.2, 0) is 23.3 Å². The van der Waals surface area contributed by atoms with Crippen molar-refractivity contribution in [2.24, 2.45) is 0 Å². The number of cyclic esters (lactones) is 1. The van der Waals surface area contributed by atoms with Crippen molar-refractivity contribution in [2.45, 2.75) is 49.6 Å². The van der Waals surface area contributed by atoms with Crippen LogP contribution in [0.1, 0.15) is 52.9 Å². The van der Waals surface area contributed by atoms with Gasteiger partial charge in [-0.15, -0.1) is 0 Å². The molecule has 3 heterocycles. The molecule has 0 unspecified atom stereocenters. The molecule has 4 nitrogen and oxygen atoms in total. The van der Waals surface area contributed by atoms with Crippen LogP contribution in [0.4, 0.5) is 44.3 Å². The Kier molecular flexibility index (Phi) is 5.28. The van der Waals surface area contributed by atoms with Gasteiger partial charge < -0.3 is 4.74 Å². The molecule has 0 saturated carbocycles. The second-order valence-electron chi connectivity index (χ2n) is 7.68. The third-order valence-electron chi connectivity index (χ3n) is 5.61. The van der Waals surface area contributed by atoms with E-state index in [2.05, 4.69) is 4.98 Å². The summed E-state index contributed by atoms with van der Waals surface area (Å²) >= 11 is 0. The normalized spacial score (nSPS) is 23.6. The van der Waals surface area contributed by atoms with Crippen molar-refractivity contribution in [2.75, 3.05) is 0 Å². The van der Waals surface area contributed by atoms with Crippen molar-refractivity contribution in [3.63, 3.8) is 0 Å². The van der Waals surface area contributed by atoms with Gasteiger partial charge in [-0.2, -0.15) is 39.5 Å². The number of pyridine rings is 1. The smallest absolute Gasteiger partial charge is 0.433 e. The molecule has 0 N–H and O–H groups in total. The van der Waals surface area contributed by atoms with Crippen LogP contribution in [-0.4, -0.2) is 22.0 Å². The second kappa shape index (κ2) is 7.52. The van der Waals surface area contributed by atoms with Gasteiger partial charge in [0.2, 0.25) is 0 Å². The van der Waals surface area contributed by atoms with Gasteiger partial charge >= 0.3 is 24.6 Å². The molecule has 2 fully saturated rings. The maximum Gasteiger partial charge on any atom is 0.433 e. The highest BCUT2D eigenvalue weighted by Crippen LogP contribution is 2.49. The van der Waals surface area contributed by atoms with Gasteiger partial charge in [-0.3, -0.25) is 9.88 Å². The third kappa shape index (κ3) is 4.32. The number of amides is 1. The number of ether oxygens (including phenoxy) is 1. The SMILES string of the molecule is O=C1O[C@H](c2cc(C(F)(F)F)cc(C(F)(F)F)c2)[C@@H]2CC[C@@H](c3ccnc(C(F)(F)F)c3)N12. The number of carbonyl (C=O) groups is 1. The van der Waals surface area contributed by atoms with Crippen molar-refractivity contribution in [3.05, 3.63) is 64.5 Å². The lowest BCUT2D eigenvalue weighted by atomic mass is 9.96. The van der Waals surface area contributed by atoms with E-state index in [1.807, 2.05) is 0 Å². The third-order valence-corrected chi connectivity index (χ3v) is 5.61. The van der Waals surface area contributed by atoms with Gasteiger partial charge in [0.1, 0.15) is 11.8 Å². The van der Waals surface area contributed by atoms with E-state index in [1.165, 1.54) is 6.07 Å². The Hall–Kier alpha value is -2.99. The van der Waals surface area contributed by atoms with E-state index in [-0.39, 0.29) is 24.5 Å². The Morgan fingerprint density at radius 1 is 0.818 bits per heavy atom. The maximum absolute atomic E-state index is 13.2. The monoisotopic (exact) mass is 484 g/mol. The quantitative estimate of drug-likeness (QED) is 0.455. The first-order chi connectivity index (χ1) is 15.2. The van der Waals surface area contributed by atoms with Crippen LogP contribution in [0.5, 0.6) is 0 Å². The van der Waals surface area contributed by atoms with Crippen LogP contribution in [0.25, 0.3) is 0 Å². The van der Waals surface area contributed by atoms with Gasteiger partial charge in [-0.1, -0.05) is 0 Å². The summed E-state index contributed by atoms with van der Waals surface area (Å²) in [5, 5.41) is 0. The van der Waals surface area contributed by atoms with Crippen LogP contribution in [0.2, 0.25) is 0 Å². The van der Waals surface area contributed by atoms with E-state index >= 15 is 0 Å². The van der Waals surface area contributed by atoms with E-state index in [9.17, 15) is 44.3 Å². The summed E-state index contributed by atoms with van der Waals surface area (Å²) in [7, 11) is 0. The Bertz CT molecular complexity index is 1050. The van der Waals surface area contributed by atoms with Crippen molar-refractivity contribution >= 4 is 6.09 Å². The highest BCUT2D eigenvalue weighted by atomic mass is 19.4. The Morgan fingerprint density at radius 3 is 1.97 bits per heavy atom. The van der Waals surface area contributed by atoms with Gasteiger partial charge in [-0.25, -0.2) is 4.79 Å². The molecule has 4 rings (SSSR count). The molecule has 33 heavy (non-hydrogen) atoms. The Morgan fingerprint density at radius 2 is 1.42 bits per heavy atom. The molecule has 178 valence electrons. The minimum absolute atomic E-state index is 0.0366. The molecule has 13 heteroatoms. The molecule has 1 aromatic carbocycles. The van der Waals surface area contributed by atoms with Gasteiger partial charge in [0, 0.05) is 6.20 Å². The number of aromatic nitrogens is 1. The average molecular weight is 484 g/mol. The van der Waals surface area contributed by atoms with Crippen molar-refractivity contribution < 1.29 is 49.0 Å². The summed E-state index contributed by atoms with van der Waals surface area (Å²) < 4.78 is 123. The lowest BCUT2D eigenvalue weighted by Gasteiger charge is -2.23. The van der Waals surface area contributed by atoms with Crippen LogP contribution in [0, 0.1) is 0 Å². The van der Waals surface area contributed by atoms with Crippen LogP contribution in [0.15, 0.2) is 36.5 Å². The number of hydrogen-bond acceptors (Lipinski definition) is 3. The fourth-order valence-corrected chi connectivity index (χ4v) is 4.22. The molecule has 2 aliphatic heterocycles. The number of benzene rings is 1. The van der Waals surface area contributed by atoms with Gasteiger partial charge in [0.15, 0.2) is 0 Å². The lowest BCUT2D eigenvalue weighted by Crippen LogP contribution is -2.30. The number of rotatable bonds is 2. The average Bonchev–Trinajstić information content (AvgIpc) is 3.27. The van der Waals surface area contributed by atoms with E-state index < -0.39 is 65.2 Å². The summed E-state index contributed by atoms with van der Waals surface area (Å²) in [5.41, 5.74) is -4.72. The predicted octanol–water partition coefficient (Wildman–Crippen LogP) is 6.54. The number of alkyl halides is 9. The molecule has 2 aliphatic rings. The molecule has 0 spiro atoms. The fraction of sp³-hybridized carbons (Fsp3) is 0.400. The number of halogens is 9. The van der Waals surface area contributed by atoms with E-state index in [1.54, 1.807) is 0 Å². The number of fused-ring (bicyclic) bond motifs is 1. The number of carbonyl (C=O) groups excluding carboxylic acids is 1.